The fourth-order valence-corrected chi connectivity index (χ4v) is 1.90. The molecule has 1 rings (SSSR count). The number of aliphatic hydroxyl groups excluding tert-OH is 1. The Morgan fingerprint density at radius 1 is 1.53 bits per heavy atom. The first-order chi connectivity index (χ1) is 7.22. The number of hydrogen-bond donors (Lipinski definition) is 3. The Balaban J connectivity index is 2.10. The lowest BCUT2D eigenvalue weighted by molar-refractivity contribution is -0.122. The molecule has 1 heterocycles. The van der Waals surface area contributed by atoms with Crippen LogP contribution in [0.1, 0.15) is 32.6 Å². The first-order valence-electron chi connectivity index (χ1n) is 5.83. The molecule has 0 aromatic carbocycles. The second-order valence-electron chi connectivity index (χ2n) is 4.38. The Labute approximate surface area is 91.4 Å². The Hall–Kier alpha value is -0.610. The molecular formula is C11H22N2O2. The predicted octanol–water partition coefficient (Wildman–Crippen LogP) is 0.263. The molecule has 0 saturated carbocycles. The van der Waals surface area contributed by atoms with Gasteiger partial charge in [0.15, 0.2) is 0 Å². The van der Waals surface area contributed by atoms with Crippen LogP contribution in [0.2, 0.25) is 0 Å². The largest absolute Gasteiger partial charge is 0.394 e. The molecule has 1 saturated heterocycles. The molecule has 88 valence electrons. The van der Waals surface area contributed by atoms with Crippen molar-refractivity contribution in [3.63, 3.8) is 0 Å². The van der Waals surface area contributed by atoms with Crippen LogP contribution in [0.15, 0.2) is 0 Å². The SMILES string of the molecule is CC(CO)NC(=O)CCC1CCNCC1. The van der Waals surface area contributed by atoms with Crippen LogP contribution in [-0.4, -0.2) is 36.8 Å². The third kappa shape index (κ3) is 5.14. The van der Waals surface area contributed by atoms with Crippen molar-refractivity contribution in [3.8, 4) is 0 Å². The lowest BCUT2D eigenvalue weighted by Gasteiger charge is -2.22. The molecular weight excluding hydrogens is 192 g/mol. The first kappa shape index (κ1) is 12.5. The number of rotatable bonds is 5. The van der Waals surface area contributed by atoms with Gasteiger partial charge in [-0.05, 0) is 45.2 Å². The maximum absolute atomic E-state index is 11.4. The van der Waals surface area contributed by atoms with E-state index >= 15 is 0 Å². The van der Waals surface area contributed by atoms with Gasteiger partial charge in [0.05, 0.1) is 6.61 Å². The third-order valence-electron chi connectivity index (χ3n) is 2.92. The van der Waals surface area contributed by atoms with Crippen molar-refractivity contribution in [2.24, 2.45) is 5.92 Å². The van der Waals surface area contributed by atoms with E-state index in [1.807, 2.05) is 6.92 Å². The van der Waals surface area contributed by atoms with E-state index in [4.69, 9.17) is 5.11 Å². The van der Waals surface area contributed by atoms with Gasteiger partial charge in [-0.1, -0.05) is 0 Å². The van der Waals surface area contributed by atoms with Crippen molar-refractivity contribution in [2.45, 2.75) is 38.6 Å². The van der Waals surface area contributed by atoms with Gasteiger partial charge in [0.1, 0.15) is 0 Å². The first-order valence-corrected chi connectivity index (χ1v) is 5.83. The van der Waals surface area contributed by atoms with Crippen molar-refractivity contribution in [3.05, 3.63) is 0 Å². The Morgan fingerprint density at radius 2 is 2.20 bits per heavy atom. The number of piperidine rings is 1. The molecule has 1 atom stereocenters. The van der Waals surface area contributed by atoms with Crippen molar-refractivity contribution in [1.82, 2.24) is 10.6 Å². The number of carbonyl (C=O) groups excluding carboxylic acids is 1. The highest BCUT2D eigenvalue weighted by Gasteiger charge is 2.14. The molecule has 4 heteroatoms. The van der Waals surface area contributed by atoms with Crippen LogP contribution in [0.4, 0.5) is 0 Å². The molecule has 0 aromatic heterocycles. The number of amides is 1. The van der Waals surface area contributed by atoms with E-state index in [0.717, 1.165) is 19.5 Å². The van der Waals surface area contributed by atoms with Gasteiger partial charge in [-0.15, -0.1) is 0 Å². The number of carbonyl (C=O) groups is 1. The second kappa shape index (κ2) is 6.80. The normalized spacial score (nSPS) is 19.9. The quantitative estimate of drug-likeness (QED) is 0.615. The highest BCUT2D eigenvalue weighted by atomic mass is 16.3. The standard InChI is InChI=1S/C11H22N2O2/c1-9(8-14)13-11(15)3-2-10-4-6-12-7-5-10/h9-10,12,14H,2-8H2,1H3,(H,13,15). The fourth-order valence-electron chi connectivity index (χ4n) is 1.90. The summed E-state index contributed by atoms with van der Waals surface area (Å²) >= 11 is 0. The Kier molecular flexibility index (Phi) is 5.65. The molecule has 1 aliphatic rings. The van der Waals surface area contributed by atoms with Gasteiger partial charge in [0.2, 0.25) is 5.91 Å². The fraction of sp³-hybridized carbons (Fsp3) is 0.909. The van der Waals surface area contributed by atoms with Crippen molar-refractivity contribution in [1.29, 1.82) is 0 Å². The van der Waals surface area contributed by atoms with Crippen LogP contribution in [-0.2, 0) is 4.79 Å². The molecule has 1 amide bonds. The maximum Gasteiger partial charge on any atom is 0.220 e. The van der Waals surface area contributed by atoms with Crippen LogP contribution in [0.3, 0.4) is 0 Å². The number of nitrogens with one attached hydrogen (secondary N) is 2. The van der Waals surface area contributed by atoms with Gasteiger partial charge < -0.3 is 15.7 Å². The summed E-state index contributed by atoms with van der Waals surface area (Å²) in [5, 5.41) is 14.9. The smallest absolute Gasteiger partial charge is 0.220 e. The van der Waals surface area contributed by atoms with Crippen LogP contribution >= 0.6 is 0 Å². The molecule has 1 unspecified atom stereocenters. The predicted molar refractivity (Wildman–Crippen MR) is 59.5 cm³/mol. The molecule has 4 nitrogen and oxygen atoms in total. The van der Waals surface area contributed by atoms with Crippen LogP contribution in [0.25, 0.3) is 0 Å². The number of aliphatic hydroxyl groups is 1. The molecule has 0 aliphatic carbocycles. The summed E-state index contributed by atoms with van der Waals surface area (Å²) in [6.45, 7) is 3.99. The van der Waals surface area contributed by atoms with Gasteiger partial charge in [0.25, 0.3) is 0 Å². The zero-order valence-electron chi connectivity index (χ0n) is 9.46. The van der Waals surface area contributed by atoms with Crippen LogP contribution in [0.5, 0.6) is 0 Å². The van der Waals surface area contributed by atoms with E-state index in [-0.39, 0.29) is 18.6 Å². The summed E-state index contributed by atoms with van der Waals surface area (Å²) in [6.07, 6.45) is 3.94. The van der Waals surface area contributed by atoms with Gasteiger partial charge >= 0.3 is 0 Å². The van der Waals surface area contributed by atoms with E-state index in [1.54, 1.807) is 0 Å². The van der Waals surface area contributed by atoms with Gasteiger partial charge in [-0.25, -0.2) is 0 Å². The van der Waals surface area contributed by atoms with Gasteiger partial charge in [0, 0.05) is 12.5 Å². The van der Waals surface area contributed by atoms with Gasteiger partial charge in [-0.2, -0.15) is 0 Å². The monoisotopic (exact) mass is 214 g/mol. The average Bonchev–Trinajstić information content (AvgIpc) is 2.27. The molecule has 0 bridgehead atoms. The minimum Gasteiger partial charge on any atom is -0.394 e. The molecule has 1 fully saturated rings. The van der Waals surface area contributed by atoms with Crippen molar-refractivity contribution in [2.75, 3.05) is 19.7 Å². The average molecular weight is 214 g/mol. The maximum atomic E-state index is 11.4. The molecule has 0 radical (unpaired) electrons. The Morgan fingerprint density at radius 3 is 2.80 bits per heavy atom. The minimum absolute atomic E-state index is 0.0130. The minimum atomic E-state index is -0.120. The summed E-state index contributed by atoms with van der Waals surface area (Å²) < 4.78 is 0. The lowest BCUT2D eigenvalue weighted by Crippen LogP contribution is -2.35. The highest BCUT2D eigenvalue weighted by molar-refractivity contribution is 5.76. The Bertz CT molecular complexity index is 191. The van der Waals surface area contributed by atoms with Crippen LogP contribution < -0.4 is 10.6 Å². The molecule has 15 heavy (non-hydrogen) atoms. The van der Waals surface area contributed by atoms with E-state index in [2.05, 4.69) is 10.6 Å². The van der Waals surface area contributed by atoms with Gasteiger partial charge in [-0.3, -0.25) is 4.79 Å². The summed E-state index contributed by atoms with van der Waals surface area (Å²) in [7, 11) is 0. The van der Waals surface area contributed by atoms with Crippen LogP contribution in [0, 0.1) is 5.92 Å². The topological polar surface area (TPSA) is 61.4 Å². The summed E-state index contributed by atoms with van der Waals surface area (Å²) in [5.74, 6) is 0.761. The zero-order valence-corrected chi connectivity index (χ0v) is 9.46. The van der Waals surface area contributed by atoms with E-state index in [1.165, 1.54) is 12.8 Å². The van der Waals surface area contributed by atoms with E-state index in [9.17, 15) is 4.79 Å². The second-order valence-corrected chi connectivity index (χ2v) is 4.38. The summed E-state index contributed by atoms with van der Waals surface area (Å²) in [4.78, 5) is 11.4. The highest BCUT2D eigenvalue weighted by Crippen LogP contribution is 2.17. The third-order valence-corrected chi connectivity index (χ3v) is 2.92. The number of hydrogen-bond acceptors (Lipinski definition) is 3. The van der Waals surface area contributed by atoms with Crippen molar-refractivity contribution >= 4 is 5.91 Å². The molecule has 0 spiro atoms. The van der Waals surface area contributed by atoms with Crippen molar-refractivity contribution < 1.29 is 9.90 Å². The van der Waals surface area contributed by atoms with E-state index < -0.39 is 0 Å². The zero-order chi connectivity index (χ0) is 11.1. The molecule has 3 N–H and O–H groups in total. The molecule has 0 aromatic rings. The summed E-state index contributed by atoms with van der Waals surface area (Å²) in [6, 6.07) is -0.120. The summed E-state index contributed by atoms with van der Waals surface area (Å²) in [5.41, 5.74) is 0. The molecule has 1 aliphatic heterocycles. The lowest BCUT2D eigenvalue weighted by atomic mass is 9.93. The van der Waals surface area contributed by atoms with E-state index in [0.29, 0.717) is 12.3 Å².